The van der Waals surface area contributed by atoms with Crippen molar-refractivity contribution in [1.29, 1.82) is 0 Å². The van der Waals surface area contributed by atoms with E-state index in [9.17, 15) is 9.59 Å². The molecule has 0 aromatic heterocycles. The fourth-order valence-corrected chi connectivity index (χ4v) is 2.58. The van der Waals surface area contributed by atoms with Crippen LogP contribution in [0.25, 0.3) is 0 Å². The van der Waals surface area contributed by atoms with Gasteiger partial charge in [-0.1, -0.05) is 6.42 Å². The fourth-order valence-electron chi connectivity index (χ4n) is 2.58. The molecule has 2 fully saturated rings. The summed E-state index contributed by atoms with van der Waals surface area (Å²) in [4.78, 5) is 22.2. The third-order valence-electron chi connectivity index (χ3n) is 4.17. The predicted octanol–water partition coefficient (Wildman–Crippen LogP) is 1.40. The molecule has 2 rings (SSSR count). The van der Waals surface area contributed by atoms with Gasteiger partial charge in [-0.05, 0) is 43.9 Å². The number of nitrogens with one attached hydrogen (secondary N) is 1. The minimum Gasteiger partial charge on any atom is -0.481 e. The molecule has 2 saturated carbocycles. The summed E-state index contributed by atoms with van der Waals surface area (Å²) in [7, 11) is 0. The van der Waals surface area contributed by atoms with Crippen LogP contribution in [-0.4, -0.2) is 23.5 Å². The number of carboxylic acid groups (broad SMARTS) is 1. The average Bonchev–Trinajstić information content (AvgIpc) is 2.98. The molecule has 16 heavy (non-hydrogen) atoms. The number of carbonyl (C=O) groups excluding carboxylic acids is 1. The molecule has 90 valence electrons. The van der Waals surface area contributed by atoms with Gasteiger partial charge in [-0.15, -0.1) is 0 Å². The molecule has 0 radical (unpaired) electrons. The van der Waals surface area contributed by atoms with Gasteiger partial charge in [-0.25, -0.2) is 0 Å². The fraction of sp³-hybridized carbons (Fsp3) is 0.833. The predicted molar refractivity (Wildman–Crippen MR) is 58.8 cm³/mol. The van der Waals surface area contributed by atoms with Crippen molar-refractivity contribution in [2.75, 3.05) is 6.54 Å². The van der Waals surface area contributed by atoms with Gasteiger partial charge in [0.25, 0.3) is 0 Å². The van der Waals surface area contributed by atoms with E-state index in [1.807, 2.05) is 0 Å². The van der Waals surface area contributed by atoms with Gasteiger partial charge in [0.15, 0.2) is 0 Å². The smallest absolute Gasteiger partial charge is 0.315 e. The van der Waals surface area contributed by atoms with Crippen molar-refractivity contribution >= 4 is 11.9 Å². The van der Waals surface area contributed by atoms with E-state index in [4.69, 9.17) is 5.11 Å². The second-order valence-corrected chi connectivity index (χ2v) is 5.27. The Bertz CT molecular complexity index is 305. The maximum Gasteiger partial charge on any atom is 0.315 e. The highest BCUT2D eigenvalue weighted by Crippen LogP contribution is 2.56. The molecule has 2 aliphatic carbocycles. The van der Waals surface area contributed by atoms with Gasteiger partial charge in [0.1, 0.15) is 5.92 Å². The molecule has 2 N–H and O–H groups in total. The average molecular weight is 225 g/mol. The summed E-state index contributed by atoms with van der Waals surface area (Å²) in [6.45, 7) is 2.11. The molecule has 1 amide bonds. The summed E-state index contributed by atoms with van der Waals surface area (Å²) < 4.78 is 0. The summed E-state index contributed by atoms with van der Waals surface area (Å²) in [6, 6.07) is 0. The Morgan fingerprint density at radius 2 is 2.06 bits per heavy atom. The van der Waals surface area contributed by atoms with Crippen LogP contribution in [0, 0.1) is 17.3 Å². The summed E-state index contributed by atoms with van der Waals surface area (Å²) >= 11 is 0. The zero-order valence-corrected chi connectivity index (χ0v) is 9.66. The van der Waals surface area contributed by atoms with Gasteiger partial charge in [-0.2, -0.15) is 0 Å². The quantitative estimate of drug-likeness (QED) is 0.695. The van der Waals surface area contributed by atoms with Crippen molar-refractivity contribution < 1.29 is 14.7 Å². The SMILES string of the molecule is CC(C(=O)O)C(=O)NCC1(C2CC2)CCC1. The van der Waals surface area contributed by atoms with Crippen molar-refractivity contribution in [3.8, 4) is 0 Å². The summed E-state index contributed by atoms with van der Waals surface area (Å²) in [5, 5.41) is 11.5. The van der Waals surface area contributed by atoms with Crippen molar-refractivity contribution in [3.63, 3.8) is 0 Å². The molecule has 1 atom stereocenters. The van der Waals surface area contributed by atoms with Crippen LogP contribution in [0.1, 0.15) is 39.0 Å². The van der Waals surface area contributed by atoms with Crippen molar-refractivity contribution in [2.45, 2.75) is 39.0 Å². The normalized spacial score (nSPS) is 24.3. The maximum absolute atomic E-state index is 11.5. The van der Waals surface area contributed by atoms with E-state index < -0.39 is 11.9 Å². The van der Waals surface area contributed by atoms with E-state index in [2.05, 4.69) is 5.32 Å². The second-order valence-electron chi connectivity index (χ2n) is 5.27. The van der Waals surface area contributed by atoms with Gasteiger partial charge in [0.05, 0.1) is 0 Å². The number of rotatable bonds is 5. The number of hydrogen-bond acceptors (Lipinski definition) is 2. The Morgan fingerprint density at radius 3 is 2.44 bits per heavy atom. The molecular weight excluding hydrogens is 206 g/mol. The Hall–Kier alpha value is -1.06. The number of hydrogen-bond donors (Lipinski definition) is 2. The zero-order chi connectivity index (χ0) is 11.8. The Kier molecular flexibility index (Phi) is 2.91. The first-order chi connectivity index (χ1) is 7.55. The molecule has 2 aliphatic rings. The first-order valence-electron chi connectivity index (χ1n) is 6.06. The van der Waals surface area contributed by atoms with Crippen molar-refractivity contribution in [1.82, 2.24) is 5.32 Å². The molecule has 0 aromatic carbocycles. The molecule has 0 spiro atoms. The lowest BCUT2D eigenvalue weighted by Gasteiger charge is -2.42. The van der Waals surface area contributed by atoms with Crippen LogP contribution < -0.4 is 5.32 Å². The molecular formula is C12H19NO3. The van der Waals surface area contributed by atoms with Crippen LogP contribution >= 0.6 is 0 Å². The monoisotopic (exact) mass is 225 g/mol. The number of amides is 1. The van der Waals surface area contributed by atoms with E-state index in [0.717, 1.165) is 5.92 Å². The Balaban J connectivity index is 1.82. The third-order valence-corrected chi connectivity index (χ3v) is 4.17. The van der Waals surface area contributed by atoms with E-state index in [-0.39, 0.29) is 5.91 Å². The topological polar surface area (TPSA) is 66.4 Å². The summed E-state index contributed by atoms with van der Waals surface area (Å²) in [5.41, 5.74) is 0.313. The van der Waals surface area contributed by atoms with E-state index in [0.29, 0.717) is 12.0 Å². The lowest BCUT2D eigenvalue weighted by Crippen LogP contribution is -2.45. The number of aliphatic carboxylic acids is 1. The number of carboxylic acids is 1. The van der Waals surface area contributed by atoms with Gasteiger partial charge in [0, 0.05) is 6.54 Å². The summed E-state index contributed by atoms with van der Waals surface area (Å²) in [5.74, 6) is -1.55. The minimum atomic E-state index is -1.05. The molecule has 0 bridgehead atoms. The van der Waals surface area contributed by atoms with E-state index >= 15 is 0 Å². The highest BCUT2D eigenvalue weighted by Gasteiger charge is 2.49. The van der Waals surface area contributed by atoms with Crippen LogP contribution in [0.4, 0.5) is 0 Å². The molecule has 0 heterocycles. The maximum atomic E-state index is 11.5. The highest BCUT2D eigenvalue weighted by molar-refractivity contribution is 5.96. The van der Waals surface area contributed by atoms with Crippen molar-refractivity contribution in [2.24, 2.45) is 17.3 Å². The first-order valence-corrected chi connectivity index (χ1v) is 6.06. The lowest BCUT2D eigenvalue weighted by atomic mass is 9.65. The van der Waals surface area contributed by atoms with Gasteiger partial charge >= 0.3 is 5.97 Å². The van der Waals surface area contributed by atoms with Crippen LogP contribution in [0.15, 0.2) is 0 Å². The van der Waals surface area contributed by atoms with Crippen LogP contribution in [0.2, 0.25) is 0 Å². The van der Waals surface area contributed by atoms with Crippen LogP contribution in [-0.2, 0) is 9.59 Å². The first kappa shape index (κ1) is 11.4. The van der Waals surface area contributed by atoms with Crippen LogP contribution in [0.5, 0.6) is 0 Å². The molecule has 0 aromatic rings. The Morgan fingerprint density at radius 1 is 1.44 bits per heavy atom. The van der Waals surface area contributed by atoms with Crippen LogP contribution in [0.3, 0.4) is 0 Å². The van der Waals surface area contributed by atoms with Gasteiger partial charge in [0.2, 0.25) is 5.91 Å². The van der Waals surface area contributed by atoms with E-state index in [1.54, 1.807) is 0 Å². The highest BCUT2D eigenvalue weighted by atomic mass is 16.4. The van der Waals surface area contributed by atoms with Gasteiger partial charge < -0.3 is 10.4 Å². The third kappa shape index (κ3) is 2.06. The standard InChI is InChI=1S/C12H19NO3/c1-8(11(15)16)10(14)13-7-12(5-2-6-12)9-3-4-9/h8-9H,2-7H2,1H3,(H,13,14)(H,15,16). The molecule has 4 nitrogen and oxygen atoms in total. The molecule has 0 aliphatic heterocycles. The minimum absolute atomic E-state index is 0.313. The molecule has 1 unspecified atom stereocenters. The zero-order valence-electron chi connectivity index (χ0n) is 9.66. The molecule has 0 saturated heterocycles. The Labute approximate surface area is 95.4 Å². The van der Waals surface area contributed by atoms with Gasteiger partial charge in [-0.3, -0.25) is 9.59 Å². The lowest BCUT2D eigenvalue weighted by molar-refractivity contribution is -0.146. The second kappa shape index (κ2) is 4.07. The van der Waals surface area contributed by atoms with Crippen molar-refractivity contribution in [3.05, 3.63) is 0 Å². The number of carbonyl (C=O) groups is 2. The largest absolute Gasteiger partial charge is 0.481 e. The summed E-state index contributed by atoms with van der Waals surface area (Å²) in [6.07, 6.45) is 6.20. The van der Waals surface area contributed by atoms with E-state index in [1.165, 1.54) is 39.0 Å². The molecule has 4 heteroatoms.